The maximum Gasteiger partial charge on any atom is 0.143 e. The molecular formula is C17H26N4. The van der Waals surface area contributed by atoms with E-state index in [1.165, 1.54) is 11.1 Å². The minimum absolute atomic E-state index is 0.853. The summed E-state index contributed by atoms with van der Waals surface area (Å²) < 4.78 is 2.15. The van der Waals surface area contributed by atoms with E-state index >= 15 is 0 Å². The Bertz CT molecular complexity index is 586. The van der Waals surface area contributed by atoms with Gasteiger partial charge in [0, 0.05) is 36.6 Å². The minimum atomic E-state index is 0.853. The predicted molar refractivity (Wildman–Crippen MR) is 86.8 cm³/mol. The van der Waals surface area contributed by atoms with Crippen molar-refractivity contribution in [3.05, 3.63) is 41.1 Å². The van der Waals surface area contributed by atoms with Crippen molar-refractivity contribution in [2.75, 3.05) is 6.54 Å². The number of nitrogens with one attached hydrogen (secondary N) is 1. The zero-order chi connectivity index (χ0) is 15.2. The van der Waals surface area contributed by atoms with Gasteiger partial charge < -0.3 is 5.32 Å². The molecule has 0 saturated carbocycles. The first-order valence-corrected chi connectivity index (χ1v) is 7.87. The number of nitrogens with zero attached hydrogens (tertiary/aromatic N) is 3. The zero-order valence-electron chi connectivity index (χ0n) is 13.6. The smallest absolute Gasteiger partial charge is 0.143 e. The second kappa shape index (κ2) is 7.36. The van der Waals surface area contributed by atoms with E-state index in [-0.39, 0.29) is 0 Å². The number of hydrogen-bond donors (Lipinski definition) is 1. The lowest BCUT2D eigenvalue weighted by Crippen LogP contribution is -2.18. The third kappa shape index (κ3) is 3.70. The number of hydrogen-bond acceptors (Lipinski definition) is 3. The first-order valence-electron chi connectivity index (χ1n) is 7.87. The average molecular weight is 286 g/mol. The van der Waals surface area contributed by atoms with Crippen molar-refractivity contribution in [2.24, 2.45) is 0 Å². The van der Waals surface area contributed by atoms with Crippen LogP contribution in [0.25, 0.3) is 5.82 Å². The summed E-state index contributed by atoms with van der Waals surface area (Å²) in [5.74, 6) is 2.11. The van der Waals surface area contributed by atoms with E-state index in [9.17, 15) is 0 Å². The Balaban J connectivity index is 2.42. The first-order chi connectivity index (χ1) is 10.2. The standard InChI is InChI=1S/C17H26N4/c1-5-7-16-19-9-10-21(16)17-15(12-18-8-6-2)13(3)11-14(4)20-17/h9-11,18H,5-8,12H2,1-4H3. The molecule has 0 aliphatic heterocycles. The van der Waals surface area contributed by atoms with Crippen LogP contribution in [-0.2, 0) is 13.0 Å². The van der Waals surface area contributed by atoms with Crippen LogP contribution in [0.4, 0.5) is 0 Å². The Kier molecular flexibility index (Phi) is 5.51. The van der Waals surface area contributed by atoms with Gasteiger partial charge in [-0.05, 0) is 44.9 Å². The molecule has 0 aromatic carbocycles. The van der Waals surface area contributed by atoms with Crippen molar-refractivity contribution >= 4 is 0 Å². The molecule has 0 aliphatic carbocycles. The van der Waals surface area contributed by atoms with Crippen molar-refractivity contribution in [2.45, 2.75) is 53.5 Å². The van der Waals surface area contributed by atoms with Crippen molar-refractivity contribution in [1.82, 2.24) is 19.9 Å². The van der Waals surface area contributed by atoms with E-state index in [0.29, 0.717) is 0 Å². The Labute approximate surface area is 127 Å². The minimum Gasteiger partial charge on any atom is -0.313 e. The molecule has 2 rings (SSSR count). The quantitative estimate of drug-likeness (QED) is 0.794. The number of aromatic nitrogens is 3. The highest BCUT2D eigenvalue weighted by Crippen LogP contribution is 2.20. The second-order valence-electron chi connectivity index (χ2n) is 5.52. The third-order valence-corrected chi connectivity index (χ3v) is 3.60. The lowest BCUT2D eigenvalue weighted by atomic mass is 10.1. The Morgan fingerprint density at radius 3 is 2.71 bits per heavy atom. The molecule has 4 nitrogen and oxygen atoms in total. The van der Waals surface area contributed by atoms with Crippen LogP contribution in [0.2, 0.25) is 0 Å². The molecule has 0 atom stereocenters. The van der Waals surface area contributed by atoms with Crippen LogP contribution in [0.5, 0.6) is 0 Å². The molecule has 0 radical (unpaired) electrons. The molecular weight excluding hydrogens is 260 g/mol. The zero-order valence-corrected chi connectivity index (χ0v) is 13.6. The maximum atomic E-state index is 4.78. The monoisotopic (exact) mass is 286 g/mol. The van der Waals surface area contributed by atoms with E-state index in [4.69, 9.17) is 4.98 Å². The summed E-state index contributed by atoms with van der Waals surface area (Å²) in [6.07, 6.45) is 7.09. The molecule has 114 valence electrons. The molecule has 21 heavy (non-hydrogen) atoms. The van der Waals surface area contributed by atoms with Gasteiger partial charge in [-0.1, -0.05) is 13.8 Å². The van der Waals surface area contributed by atoms with Gasteiger partial charge in [-0.15, -0.1) is 0 Å². The summed E-state index contributed by atoms with van der Waals surface area (Å²) in [6.45, 7) is 10.5. The van der Waals surface area contributed by atoms with Crippen LogP contribution in [0.1, 0.15) is 49.3 Å². The SMILES string of the molecule is CCCNCc1c(C)cc(C)nc1-n1ccnc1CCC. The molecule has 0 saturated heterocycles. The topological polar surface area (TPSA) is 42.7 Å². The van der Waals surface area contributed by atoms with Gasteiger partial charge in [-0.2, -0.15) is 0 Å². The van der Waals surface area contributed by atoms with Gasteiger partial charge in [-0.3, -0.25) is 4.57 Å². The number of imidazole rings is 1. The summed E-state index contributed by atoms with van der Waals surface area (Å²) >= 11 is 0. The van der Waals surface area contributed by atoms with Gasteiger partial charge in [-0.25, -0.2) is 9.97 Å². The molecule has 4 heteroatoms. The van der Waals surface area contributed by atoms with Gasteiger partial charge in [0.25, 0.3) is 0 Å². The molecule has 0 spiro atoms. The fraction of sp³-hybridized carbons (Fsp3) is 0.529. The van der Waals surface area contributed by atoms with E-state index in [2.05, 4.69) is 48.6 Å². The molecule has 2 aromatic rings. The van der Waals surface area contributed by atoms with Crippen LogP contribution in [0.3, 0.4) is 0 Å². The largest absolute Gasteiger partial charge is 0.313 e. The van der Waals surface area contributed by atoms with Crippen molar-refractivity contribution in [3.63, 3.8) is 0 Å². The highest BCUT2D eigenvalue weighted by Gasteiger charge is 2.13. The van der Waals surface area contributed by atoms with E-state index < -0.39 is 0 Å². The normalized spacial score (nSPS) is 11.0. The van der Waals surface area contributed by atoms with Crippen LogP contribution in [0, 0.1) is 13.8 Å². The van der Waals surface area contributed by atoms with Crippen LogP contribution >= 0.6 is 0 Å². The van der Waals surface area contributed by atoms with Crippen molar-refractivity contribution in [1.29, 1.82) is 0 Å². The fourth-order valence-corrected chi connectivity index (χ4v) is 2.59. The fourth-order valence-electron chi connectivity index (χ4n) is 2.59. The van der Waals surface area contributed by atoms with Crippen molar-refractivity contribution in [3.8, 4) is 5.82 Å². The molecule has 0 bridgehead atoms. The summed E-state index contributed by atoms with van der Waals surface area (Å²) in [6, 6.07) is 2.16. The molecule has 0 unspecified atom stereocenters. The molecule has 2 heterocycles. The Hall–Kier alpha value is -1.68. The van der Waals surface area contributed by atoms with E-state index in [1.807, 2.05) is 12.4 Å². The summed E-state index contributed by atoms with van der Waals surface area (Å²) in [5, 5.41) is 3.49. The van der Waals surface area contributed by atoms with E-state index in [1.54, 1.807) is 0 Å². The van der Waals surface area contributed by atoms with Crippen LogP contribution in [0.15, 0.2) is 18.5 Å². The Morgan fingerprint density at radius 2 is 2.00 bits per heavy atom. The molecule has 0 aliphatic rings. The van der Waals surface area contributed by atoms with Gasteiger partial charge >= 0.3 is 0 Å². The lowest BCUT2D eigenvalue weighted by molar-refractivity contribution is 0.665. The van der Waals surface area contributed by atoms with Gasteiger partial charge in [0.05, 0.1) is 0 Å². The van der Waals surface area contributed by atoms with Crippen LogP contribution < -0.4 is 5.32 Å². The second-order valence-corrected chi connectivity index (χ2v) is 5.52. The van der Waals surface area contributed by atoms with Crippen molar-refractivity contribution < 1.29 is 0 Å². The van der Waals surface area contributed by atoms with E-state index in [0.717, 1.165) is 49.7 Å². The highest BCUT2D eigenvalue weighted by atomic mass is 15.1. The number of aryl methyl sites for hydroxylation is 3. The lowest BCUT2D eigenvalue weighted by Gasteiger charge is -2.16. The molecule has 2 aromatic heterocycles. The molecule has 1 N–H and O–H groups in total. The summed E-state index contributed by atoms with van der Waals surface area (Å²) in [7, 11) is 0. The first kappa shape index (κ1) is 15.7. The highest BCUT2D eigenvalue weighted by molar-refractivity contribution is 5.42. The number of pyridine rings is 1. The summed E-state index contributed by atoms with van der Waals surface area (Å²) in [5.41, 5.74) is 3.61. The molecule has 0 amide bonds. The maximum absolute atomic E-state index is 4.78. The van der Waals surface area contributed by atoms with Gasteiger partial charge in [0.15, 0.2) is 0 Å². The number of rotatable bonds is 7. The summed E-state index contributed by atoms with van der Waals surface area (Å²) in [4.78, 5) is 9.26. The average Bonchev–Trinajstić information content (AvgIpc) is 2.89. The Morgan fingerprint density at radius 1 is 1.19 bits per heavy atom. The third-order valence-electron chi connectivity index (χ3n) is 3.60. The predicted octanol–water partition coefficient (Wildman–Crippen LogP) is 3.34. The van der Waals surface area contributed by atoms with Gasteiger partial charge in [0.1, 0.15) is 11.6 Å². The van der Waals surface area contributed by atoms with Gasteiger partial charge in [0.2, 0.25) is 0 Å². The van der Waals surface area contributed by atoms with Crippen LogP contribution in [-0.4, -0.2) is 21.1 Å². The molecule has 0 fully saturated rings.